The van der Waals surface area contributed by atoms with Crippen LogP contribution in [0, 0.1) is 20.8 Å². The van der Waals surface area contributed by atoms with Crippen LogP contribution in [0.4, 0.5) is 17.5 Å². The minimum atomic E-state index is 0.493. The molecule has 0 amide bonds. The van der Waals surface area contributed by atoms with Crippen molar-refractivity contribution >= 4 is 28.4 Å². The average Bonchev–Trinajstić information content (AvgIpc) is 3.08. The highest BCUT2D eigenvalue weighted by Gasteiger charge is 2.08. The Hall–Kier alpha value is -3.41. The van der Waals surface area contributed by atoms with E-state index in [9.17, 15) is 0 Å². The molecule has 4 rings (SSSR count). The molecule has 0 bridgehead atoms. The molecule has 6 heteroatoms. The summed E-state index contributed by atoms with van der Waals surface area (Å²) < 4.78 is 0. The van der Waals surface area contributed by atoms with Gasteiger partial charge in [-0.1, -0.05) is 35.9 Å². The third-order valence-electron chi connectivity index (χ3n) is 4.85. The molecule has 3 N–H and O–H groups in total. The van der Waals surface area contributed by atoms with E-state index in [1.54, 1.807) is 6.20 Å². The lowest BCUT2D eigenvalue weighted by Crippen LogP contribution is -2.09. The third kappa shape index (κ3) is 3.81. The second-order valence-electron chi connectivity index (χ2n) is 7.10. The second-order valence-corrected chi connectivity index (χ2v) is 7.10. The smallest absolute Gasteiger partial charge is 0.249 e. The Morgan fingerprint density at radius 3 is 2.64 bits per heavy atom. The lowest BCUT2D eigenvalue weighted by Gasteiger charge is -2.13. The van der Waals surface area contributed by atoms with E-state index >= 15 is 0 Å². The molecule has 2 heterocycles. The van der Waals surface area contributed by atoms with Crippen molar-refractivity contribution in [3.05, 3.63) is 71.0 Å². The van der Waals surface area contributed by atoms with Gasteiger partial charge in [0.15, 0.2) is 5.82 Å². The molecule has 0 spiro atoms. The standard InChI is InChI=1S/C22H24N6/c1-14-10-15(2)21(16(3)11-14)27-22-26-20(13-25-28-22)23-9-8-17-12-24-19-7-5-4-6-18(17)19/h4-7,10-13,24H,8-9H2,1-3H3,(H2,23,26,27,28). The predicted molar refractivity (Wildman–Crippen MR) is 114 cm³/mol. The fourth-order valence-corrected chi connectivity index (χ4v) is 3.59. The number of aryl methyl sites for hydroxylation is 3. The summed E-state index contributed by atoms with van der Waals surface area (Å²) in [5.41, 5.74) is 7.05. The Balaban J connectivity index is 1.43. The van der Waals surface area contributed by atoms with Crippen LogP contribution < -0.4 is 10.6 Å². The molecular weight excluding hydrogens is 348 g/mol. The second kappa shape index (κ2) is 7.68. The number of aromatic nitrogens is 4. The Morgan fingerprint density at radius 1 is 1.04 bits per heavy atom. The molecule has 0 saturated heterocycles. The number of fused-ring (bicyclic) bond motifs is 1. The van der Waals surface area contributed by atoms with E-state index in [1.807, 2.05) is 6.07 Å². The van der Waals surface area contributed by atoms with Crippen LogP contribution in [0.1, 0.15) is 22.3 Å². The Bertz CT molecular complexity index is 1090. The molecule has 4 aromatic rings. The maximum atomic E-state index is 4.55. The monoisotopic (exact) mass is 372 g/mol. The van der Waals surface area contributed by atoms with Gasteiger partial charge in [-0.3, -0.25) is 0 Å². The lowest BCUT2D eigenvalue weighted by atomic mass is 10.1. The van der Waals surface area contributed by atoms with Gasteiger partial charge in [0.05, 0.1) is 6.20 Å². The van der Waals surface area contributed by atoms with E-state index in [-0.39, 0.29) is 0 Å². The van der Waals surface area contributed by atoms with Gasteiger partial charge in [-0.15, -0.1) is 5.10 Å². The highest BCUT2D eigenvalue weighted by atomic mass is 15.3. The Labute approximate surface area is 164 Å². The van der Waals surface area contributed by atoms with Crippen LogP contribution >= 0.6 is 0 Å². The number of aromatic amines is 1. The lowest BCUT2D eigenvalue weighted by molar-refractivity contribution is 0.951. The summed E-state index contributed by atoms with van der Waals surface area (Å²) in [4.78, 5) is 7.86. The molecule has 0 atom stereocenters. The van der Waals surface area contributed by atoms with E-state index in [0.29, 0.717) is 11.8 Å². The van der Waals surface area contributed by atoms with Gasteiger partial charge in [-0.2, -0.15) is 10.1 Å². The van der Waals surface area contributed by atoms with Gasteiger partial charge >= 0.3 is 0 Å². The van der Waals surface area contributed by atoms with Crippen LogP contribution in [0.15, 0.2) is 48.8 Å². The number of H-pyrrole nitrogens is 1. The summed E-state index contributed by atoms with van der Waals surface area (Å²) in [6.45, 7) is 7.03. The van der Waals surface area contributed by atoms with Crippen LogP contribution in [0.25, 0.3) is 10.9 Å². The number of hydrogen-bond donors (Lipinski definition) is 3. The van der Waals surface area contributed by atoms with Crippen LogP contribution in [-0.2, 0) is 6.42 Å². The minimum absolute atomic E-state index is 0.493. The normalized spacial score (nSPS) is 11.0. The molecule has 28 heavy (non-hydrogen) atoms. The van der Waals surface area contributed by atoms with Crippen LogP contribution in [0.3, 0.4) is 0 Å². The molecule has 0 radical (unpaired) electrons. The van der Waals surface area contributed by atoms with Crippen LogP contribution in [-0.4, -0.2) is 26.7 Å². The number of para-hydroxylation sites is 1. The zero-order valence-corrected chi connectivity index (χ0v) is 16.4. The molecule has 2 aromatic heterocycles. The quantitative estimate of drug-likeness (QED) is 0.458. The molecule has 0 aliphatic rings. The van der Waals surface area contributed by atoms with Gasteiger partial charge in [-0.05, 0) is 49.9 Å². The Morgan fingerprint density at radius 2 is 1.82 bits per heavy atom. The summed E-state index contributed by atoms with van der Waals surface area (Å²) in [6.07, 6.45) is 4.61. The van der Waals surface area contributed by atoms with E-state index in [0.717, 1.165) is 24.2 Å². The van der Waals surface area contributed by atoms with Gasteiger partial charge < -0.3 is 15.6 Å². The summed E-state index contributed by atoms with van der Waals surface area (Å²) in [5, 5.41) is 16.1. The zero-order valence-electron chi connectivity index (χ0n) is 16.4. The third-order valence-corrected chi connectivity index (χ3v) is 4.85. The van der Waals surface area contributed by atoms with Gasteiger partial charge in [-0.25, -0.2) is 0 Å². The van der Waals surface area contributed by atoms with Crippen LogP contribution in [0.2, 0.25) is 0 Å². The van der Waals surface area contributed by atoms with Crippen molar-refractivity contribution in [1.82, 2.24) is 20.2 Å². The van der Waals surface area contributed by atoms with Gasteiger partial charge in [0.1, 0.15) is 0 Å². The molecule has 0 saturated carbocycles. The van der Waals surface area contributed by atoms with Crippen molar-refractivity contribution in [3.63, 3.8) is 0 Å². The molecule has 0 aliphatic heterocycles. The van der Waals surface area contributed by atoms with Crippen molar-refractivity contribution < 1.29 is 0 Å². The molecule has 6 nitrogen and oxygen atoms in total. The summed E-state index contributed by atoms with van der Waals surface area (Å²) in [5.74, 6) is 1.20. The number of hydrogen-bond acceptors (Lipinski definition) is 5. The van der Waals surface area contributed by atoms with E-state index < -0.39 is 0 Å². The minimum Gasteiger partial charge on any atom is -0.368 e. The first-order valence-corrected chi connectivity index (χ1v) is 9.43. The Kier molecular flexibility index (Phi) is 4.93. The summed E-state index contributed by atoms with van der Waals surface area (Å²) in [6, 6.07) is 12.6. The molecular formula is C22H24N6. The van der Waals surface area contributed by atoms with Crippen molar-refractivity contribution in [1.29, 1.82) is 0 Å². The molecule has 0 unspecified atom stereocenters. The highest BCUT2D eigenvalue weighted by molar-refractivity contribution is 5.83. The summed E-state index contributed by atoms with van der Waals surface area (Å²) >= 11 is 0. The fourth-order valence-electron chi connectivity index (χ4n) is 3.59. The number of nitrogens with one attached hydrogen (secondary N) is 3. The number of nitrogens with zero attached hydrogens (tertiary/aromatic N) is 3. The number of rotatable bonds is 6. The summed E-state index contributed by atoms with van der Waals surface area (Å²) in [7, 11) is 0. The number of anilines is 3. The van der Waals surface area contributed by atoms with Crippen molar-refractivity contribution in [2.75, 3.05) is 17.2 Å². The maximum Gasteiger partial charge on any atom is 0.249 e. The van der Waals surface area contributed by atoms with E-state index in [1.165, 1.54) is 27.6 Å². The molecule has 0 aliphatic carbocycles. The molecule has 2 aromatic carbocycles. The first kappa shape index (κ1) is 18.0. The van der Waals surface area contributed by atoms with E-state index in [4.69, 9.17) is 0 Å². The maximum absolute atomic E-state index is 4.55. The first-order valence-electron chi connectivity index (χ1n) is 9.43. The zero-order chi connectivity index (χ0) is 19.5. The largest absolute Gasteiger partial charge is 0.368 e. The molecule has 0 fully saturated rings. The fraction of sp³-hybridized carbons (Fsp3) is 0.227. The van der Waals surface area contributed by atoms with Crippen molar-refractivity contribution in [3.8, 4) is 0 Å². The van der Waals surface area contributed by atoms with Crippen molar-refractivity contribution in [2.45, 2.75) is 27.2 Å². The number of benzene rings is 2. The average molecular weight is 372 g/mol. The topological polar surface area (TPSA) is 78.5 Å². The first-order chi connectivity index (χ1) is 13.6. The van der Waals surface area contributed by atoms with E-state index in [2.05, 4.69) is 88.1 Å². The highest BCUT2D eigenvalue weighted by Crippen LogP contribution is 2.24. The van der Waals surface area contributed by atoms with Gasteiger partial charge in [0, 0.05) is 29.3 Å². The van der Waals surface area contributed by atoms with Crippen LogP contribution in [0.5, 0.6) is 0 Å². The SMILES string of the molecule is Cc1cc(C)c(Nc2nncc(NCCc3c[nH]c4ccccc34)n2)c(C)c1. The van der Waals surface area contributed by atoms with Gasteiger partial charge in [0.25, 0.3) is 0 Å². The van der Waals surface area contributed by atoms with Gasteiger partial charge in [0.2, 0.25) is 5.95 Å². The molecule has 142 valence electrons. The van der Waals surface area contributed by atoms with Crippen molar-refractivity contribution in [2.24, 2.45) is 0 Å². The predicted octanol–water partition coefficient (Wildman–Crippen LogP) is 4.68.